The number of ketones is 1. The molecule has 0 aromatic carbocycles. The van der Waals surface area contributed by atoms with E-state index >= 15 is 0 Å². The van der Waals surface area contributed by atoms with E-state index in [9.17, 15) is 14.4 Å². The molecule has 0 radical (unpaired) electrons. The fourth-order valence-electron chi connectivity index (χ4n) is 1.36. The minimum absolute atomic E-state index is 0.207. The van der Waals surface area contributed by atoms with Gasteiger partial charge in [0, 0.05) is 0 Å². The number of Topliss-reactive ketones (excluding diaryl/α,β-unsaturated/α-hetero) is 1. The van der Waals surface area contributed by atoms with E-state index in [1.165, 1.54) is 13.8 Å². The molecule has 0 saturated carbocycles. The predicted octanol–water partition coefficient (Wildman–Crippen LogP) is 0.971. The first kappa shape index (κ1) is 14.6. The summed E-state index contributed by atoms with van der Waals surface area (Å²) in [5.41, 5.74) is -1.32. The SMILES string of the molecule is CC[C@H](C)[C@](C)(NC(=O)CC(C)=O)C(=O)O. The summed E-state index contributed by atoms with van der Waals surface area (Å²) in [5.74, 6) is -2.12. The predicted molar refractivity (Wildman–Crippen MR) is 58.9 cm³/mol. The van der Waals surface area contributed by atoms with Crippen LogP contribution in [0.2, 0.25) is 0 Å². The molecular weight excluding hydrogens is 210 g/mol. The molecule has 0 fully saturated rings. The zero-order valence-electron chi connectivity index (χ0n) is 10.2. The number of hydrogen-bond donors (Lipinski definition) is 2. The molecule has 5 heteroatoms. The maximum absolute atomic E-state index is 11.4. The monoisotopic (exact) mass is 229 g/mol. The molecule has 0 aromatic rings. The Morgan fingerprint density at radius 3 is 2.19 bits per heavy atom. The Hall–Kier alpha value is -1.39. The van der Waals surface area contributed by atoms with Crippen LogP contribution in [0.15, 0.2) is 0 Å². The van der Waals surface area contributed by atoms with Crippen molar-refractivity contribution in [3.8, 4) is 0 Å². The standard InChI is InChI=1S/C11H19NO4/c1-5-7(2)11(4,10(15)16)12-9(14)6-8(3)13/h7H,5-6H2,1-4H3,(H,12,14)(H,15,16)/t7-,11-/m0/s1. The van der Waals surface area contributed by atoms with Gasteiger partial charge in [-0.2, -0.15) is 0 Å². The average Bonchev–Trinajstić information content (AvgIpc) is 2.14. The Morgan fingerprint density at radius 1 is 1.38 bits per heavy atom. The third kappa shape index (κ3) is 3.64. The highest BCUT2D eigenvalue weighted by atomic mass is 16.4. The number of rotatable bonds is 6. The lowest BCUT2D eigenvalue weighted by Crippen LogP contribution is -2.56. The van der Waals surface area contributed by atoms with Crippen LogP contribution in [-0.2, 0) is 14.4 Å². The normalized spacial score (nSPS) is 16.0. The van der Waals surface area contributed by atoms with Gasteiger partial charge in [0.2, 0.25) is 5.91 Å². The third-order valence-electron chi connectivity index (χ3n) is 2.85. The second kappa shape index (κ2) is 5.63. The summed E-state index contributed by atoms with van der Waals surface area (Å²) in [4.78, 5) is 33.3. The molecule has 92 valence electrons. The second-order valence-corrected chi connectivity index (χ2v) is 4.24. The molecule has 0 bridgehead atoms. The van der Waals surface area contributed by atoms with Gasteiger partial charge in [0.05, 0.1) is 6.42 Å². The fraction of sp³-hybridized carbons (Fsp3) is 0.727. The molecule has 2 atom stereocenters. The Kier molecular flexibility index (Phi) is 5.14. The van der Waals surface area contributed by atoms with Gasteiger partial charge >= 0.3 is 5.97 Å². The molecule has 0 spiro atoms. The highest BCUT2D eigenvalue weighted by molar-refractivity contribution is 5.98. The largest absolute Gasteiger partial charge is 0.480 e. The summed E-state index contributed by atoms with van der Waals surface area (Å²) in [6.07, 6.45) is 0.350. The van der Waals surface area contributed by atoms with Crippen molar-refractivity contribution in [1.29, 1.82) is 0 Å². The van der Waals surface area contributed by atoms with Gasteiger partial charge in [0.15, 0.2) is 0 Å². The molecule has 0 heterocycles. The van der Waals surface area contributed by atoms with Crippen LogP contribution in [0.3, 0.4) is 0 Å². The van der Waals surface area contributed by atoms with E-state index in [0.29, 0.717) is 6.42 Å². The van der Waals surface area contributed by atoms with Crippen LogP contribution in [0.25, 0.3) is 0 Å². The summed E-state index contributed by atoms with van der Waals surface area (Å²) in [7, 11) is 0. The van der Waals surface area contributed by atoms with E-state index < -0.39 is 17.4 Å². The van der Waals surface area contributed by atoms with Crippen molar-refractivity contribution in [2.75, 3.05) is 0 Å². The van der Waals surface area contributed by atoms with Crippen LogP contribution in [0.4, 0.5) is 0 Å². The van der Waals surface area contributed by atoms with Crippen molar-refractivity contribution in [3.63, 3.8) is 0 Å². The molecule has 16 heavy (non-hydrogen) atoms. The number of carboxylic acid groups (broad SMARTS) is 1. The Labute approximate surface area is 95.2 Å². The molecule has 0 aromatic heterocycles. The number of hydrogen-bond acceptors (Lipinski definition) is 3. The number of carbonyl (C=O) groups excluding carboxylic acids is 2. The molecule has 0 aliphatic carbocycles. The number of carboxylic acids is 1. The summed E-state index contributed by atoms with van der Waals surface area (Å²) >= 11 is 0. The van der Waals surface area contributed by atoms with Gasteiger partial charge in [-0.15, -0.1) is 0 Å². The number of nitrogens with one attached hydrogen (secondary N) is 1. The van der Waals surface area contributed by atoms with Crippen LogP contribution < -0.4 is 5.32 Å². The molecule has 2 N–H and O–H groups in total. The van der Waals surface area contributed by atoms with Gasteiger partial charge in [0.25, 0.3) is 0 Å². The Bertz CT molecular complexity index is 300. The molecule has 0 aliphatic rings. The summed E-state index contributed by atoms with van der Waals surface area (Å²) in [5, 5.41) is 11.5. The lowest BCUT2D eigenvalue weighted by Gasteiger charge is -2.31. The van der Waals surface area contributed by atoms with Gasteiger partial charge in [-0.1, -0.05) is 20.3 Å². The van der Waals surface area contributed by atoms with Crippen molar-refractivity contribution >= 4 is 17.7 Å². The zero-order chi connectivity index (χ0) is 12.9. The minimum atomic E-state index is -1.32. The average molecular weight is 229 g/mol. The fourth-order valence-corrected chi connectivity index (χ4v) is 1.36. The first-order valence-corrected chi connectivity index (χ1v) is 5.27. The van der Waals surface area contributed by atoms with Crippen molar-refractivity contribution in [2.45, 2.75) is 46.1 Å². The van der Waals surface area contributed by atoms with E-state index in [4.69, 9.17) is 5.11 Å². The Balaban J connectivity index is 4.75. The molecule has 1 amide bonds. The minimum Gasteiger partial charge on any atom is -0.480 e. The lowest BCUT2D eigenvalue weighted by atomic mass is 9.85. The summed E-state index contributed by atoms with van der Waals surface area (Å²) in [6, 6.07) is 0. The molecule has 0 unspecified atom stereocenters. The van der Waals surface area contributed by atoms with Crippen LogP contribution in [0.1, 0.15) is 40.5 Å². The Morgan fingerprint density at radius 2 is 1.88 bits per heavy atom. The van der Waals surface area contributed by atoms with E-state index in [1.54, 1.807) is 6.92 Å². The second-order valence-electron chi connectivity index (χ2n) is 4.24. The zero-order valence-corrected chi connectivity index (χ0v) is 10.2. The van der Waals surface area contributed by atoms with E-state index in [-0.39, 0.29) is 18.1 Å². The smallest absolute Gasteiger partial charge is 0.329 e. The van der Waals surface area contributed by atoms with E-state index in [1.807, 2.05) is 6.92 Å². The topological polar surface area (TPSA) is 83.5 Å². The molecule has 0 aliphatic heterocycles. The third-order valence-corrected chi connectivity index (χ3v) is 2.85. The van der Waals surface area contributed by atoms with Crippen LogP contribution in [0, 0.1) is 5.92 Å². The molecular formula is C11H19NO4. The van der Waals surface area contributed by atoms with Crippen molar-refractivity contribution in [2.24, 2.45) is 5.92 Å². The first-order chi connectivity index (χ1) is 7.24. The van der Waals surface area contributed by atoms with Crippen LogP contribution >= 0.6 is 0 Å². The summed E-state index contributed by atoms with van der Waals surface area (Å²) < 4.78 is 0. The van der Waals surface area contributed by atoms with Gasteiger partial charge in [-0.3, -0.25) is 9.59 Å². The molecule has 5 nitrogen and oxygen atoms in total. The summed E-state index contributed by atoms with van der Waals surface area (Å²) in [6.45, 7) is 6.35. The molecule has 0 saturated heterocycles. The van der Waals surface area contributed by atoms with Crippen molar-refractivity contribution in [1.82, 2.24) is 5.32 Å². The van der Waals surface area contributed by atoms with Gasteiger partial charge in [-0.25, -0.2) is 4.79 Å². The van der Waals surface area contributed by atoms with Gasteiger partial charge < -0.3 is 10.4 Å². The van der Waals surface area contributed by atoms with E-state index in [0.717, 1.165) is 0 Å². The quantitative estimate of drug-likeness (QED) is 0.665. The van der Waals surface area contributed by atoms with Crippen LogP contribution in [0.5, 0.6) is 0 Å². The lowest BCUT2D eigenvalue weighted by molar-refractivity contribution is -0.149. The van der Waals surface area contributed by atoms with Crippen molar-refractivity contribution in [3.05, 3.63) is 0 Å². The first-order valence-electron chi connectivity index (χ1n) is 5.27. The van der Waals surface area contributed by atoms with Gasteiger partial charge in [-0.05, 0) is 19.8 Å². The van der Waals surface area contributed by atoms with Crippen LogP contribution in [-0.4, -0.2) is 28.3 Å². The maximum atomic E-state index is 11.4. The number of carbonyl (C=O) groups is 3. The highest BCUT2D eigenvalue weighted by Crippen LogP contribution is 2.20. The molecule has 0 rings (SSSR count). The maximum Gasteiger partial charge on any atom is 0.329 e. The highest BCUT2D eigenvalue weighted by Gasteiger charge is 2.39. The number of aliphatic carboxylic acids is 1. The van der Waals surface area contributed by atoms with Crippen molar-refractivity contribution < 1.29 is 19.5 Å². The van der Waals surface area contributed by atoms with Gasteiger partial charge in [0.1, 0.15) is 11.3 Å². The number of amides is 1. The van der Waals surface area contributed by atoms with E-state index in [2.05, 4.69) is 5.32 Å².